The minimum absolute atomic E-state index is 0.168. The number of carbonyl (C=O) groups is 2. The number of hydrogen-bond donors (Lipinski definition) is 1. The molecule has 9 heteroatoms. The van der Waals surface area contributed by atoms with Crippen molar-refractivity contribution in [1.82, 2.24) is 24.6 Å². The van der Waals surface area contributed by atoms with Crippen LogP contribution in [0.5, 0.6) is 0 Å². The molecular formula is C21H24N6O3. The van der Waals surface area contributed by atoms with Crippen molar-refractivity contribution in [3.05, 3.63) is 60.2 Å². The van der Waals surface area contributed by atoms with Crippen molar-refractivity contribution < 1.29 is 14.3 Å². The first-order valence-electron chi connectivity index (χ1n) is 9.77. The molecule has 30 heavy (non-hydrogen) atoms. The third-order valence-electron chi connectivity index (χ3n) is 4.50. The van der Waals surface area contributed by atoms with Crippen LogP contribution in [0.3, 0.4) is 0 Å². The molecule has 1 amide bonds. The van der Waals surface area contributed by atoms with Crippen molar-refractivity contribution >= 4 is 23.5 Å². The van der Waals surface area contributed by atoms with Crippen LogP contribution in [-0.4, -0.2) is 56.2 Å². The van der Waals surface area contributed by atoms with Crippen molar-refractivity contribution in [1.29, 1.82) is 0 Å². The molecule has 0 aliphatic carbocycles. The number of aromatic nitrogens is 4. The molecule has 0 saturated carbocycles. The molecule has 0 aliphatic rings. The Morgan fingerprint density at radius 3 is 2.47 bits per heavy atom. The maximum atomic E-state index is 13.1. The molecule has 0 bridgehead atoms. The lowest BCUT2D eigenvalue weighted by Crippen LogP contribution is -2.30. The van der Waals surface area contributed by atoms with E-state index in [9.17, 15) is 9.59 Å². The van der Waals surface area contributed by atoms with Crippen LogP contribution in [-0.2, 0) is 4.74 Å². The topological polar surface area (TPSA) is 102 Å². The SMILES string of the molecule is CCOC(=O)c1cncnc1Nc1c(C(=O)N(CC)CC)cnn1-c1ccccc1. The lowest BCUT2D eigenvalue weighted by Gasteiger charge is -2.19. The summed E-state index contributed by atoms with van der Waals surface area (Å²) in [5, 5.41) is 7.53. The van der Waals surface area contributed by atoms with Crippen molar-refractivity contribution in [3.8, 4) is 5.69 Å². The normalized spacial score (nSPS) is 10.5. The third kappa shape index (κ3) is 4.29. The van der Waals surface area contributed by atoms with Gasteiger partial charge in [0.25, 0.3) is 5.91 Å². The molecule has 1 N–H and O–H groups in total. The first-order chi connectivity index (χ1) is 14.6. The van der Waals surface area contributed by atoms with E-state index in [1.165, 1.54) is 18.7 Å². The number of amides is 1. The number of nitrogens with zero attached hydrogens (tertiary/aromatic N) is 5. The van der Waals surface area contributed by atoms with E-state index in [2.05, 4.69) is 20.4 Å². The van der Waals surface area contributed by atoms with Crippen LogP contribution in [0, 0.1) is 0 Å². The Hall–Kier alpha value is -3.75. The Kier molecular flexibility index (Phi) is 6.74. The van der Waals surface area contributed by atoms with Gasteiger partial charge in [-0.3, -0.25) is 4.79 Å². The van der Waals surface area contributed by atoms with Crippen LogP contribution < -0.4 is 5.32 Å². The molecule has 156 valence electrons. The molecule has 0 atom stereocenters. The highest BCUT2D eigenvalue weighted by Gasteiger charge is 2.24. The van der Waals surface area contributed by atoms with Gasteiger partial charge in [-0.15, -0.1) is 0 Å². The highest BCUT2D eigenvalue weighted by molar-refractivity contribution is 6.01. The summed E-state index contributed by atoms with van der Waals surface area (Å²) in [6, 6.07) is 9.39. The predicted molar refractivity (Wildman–Crippen MR) is 112 cm³/mol. The molecule has 0 aliphatic heterocycles. The largest absolute Gasteiger partial charge is 0.462 e. The van der Waals surface area contributed by atoms with Gasteiger partial charge in [-0.2, -0.15) is 5.10 Å². The summed E-state index contributed by atoms with van der Waals surface area (Å²) in [5.74, 6) is -0.0866. The molecule has 2 heterocycles. The van der Waals surface area contributed by atoms with Gasteiger partial charge >= 0.3 is 5.97 Å². The van der Waals surface area contributed by atoms with Gasteiger partial charge in [0, 0.05) is 19.3 Å². The molecule has 9 nitrogen and oxygen atoms in total. The molecule has 3 rings (SSSR count). The first kappa shape index (κ1) is 21.0. The van der Waals surface area contributed by atoms with E-state index < -0.39 is 5.97 Å². The average molecular weight is 408 g/mol. The Labute approximate surface area is 174 Å². The molecule has 0 spiro atoms. The molecule has 0 fully saturated rings. The van der Waals surface area contributed by atoms with Crippen molar-refractivity contribution in [2.75, 3.05) is 25.0 Å². The van der Waals surface area contributed by atoms with Crippen molar-refractivity contribution in [2.24, 2.45) is 0 Å². The molecule has 0 saturated heterocycles. The fourth-order valence-electron chi connectivity index (χ4n) is 2.97. The van der Waals surface area contributed by atoms with Crippen LogP contribution in [0.4, 0.5) is 11.6 Å². The first-order valence-corrected chi connectivity index (χ1v) is 9.77. The van der Waals surface area contributed by atoms with E-state index in [1.54, 1.807) is 16.5 Å². The zero-order chi connectivity index (χ0) is 21.5. The van der Waals surface area contributed by atoms with E-state index in [0.717, 1.165) is 5.69 Å². The second-order valence-electron chi connectivity index (χ2n) is 6.26. The smallest absolute Gasteiger partial charge is 0.343 e. The van der Waals surface area contributed by atoms with Gasteiger partial charge in [-0.1, -0.05) is 18.2 Å². The Bertz CT molecular complexity index is 1010. The fraction of sp³-hybridized carbons (Fsp3) is 0.286. The Balaban J connectivity index is 2.10. The van der Waals surface area contributed by atoms with Gasteiger partial charge in [-0.25, -0.2) is 19.4 Å². The number of anilines is 2. The molecule has 2 aromatic heterocycles. The maximum absolute atomic E-state index is 13.1. The van der Waals surface area contributed by atoms with Crippen LogP contribution in [0.1, 0.15) is 41.5 Å². The lowest BCUT2D eigenvalue weighted by atomic mass is 10.2. The third-order valence-corrected chi connectivity index (χ3v) is 4.50. The van der Waals surface area contributed by atoms with Gasteiger partial charge in [0.05, 0.1) is 18.5 Å². The average Bonchev–Trinajstić information content (AvgIpc) is 3.19. The van der Waals surface area contributed by atoms with Gasteiger partial charge in [0.2, 0.25) is 0 Å². The zero-order valence-corrected chi connectivity index (χ0v) is 17.2. The maximum Gasteiger partial charge on any atom is 0.343 e. The quantitative estimate of drug-likeness (QED) is 0.572. The number of esters is 1. The van der Waals surface area contributed by atoms with E-state index >= 15 is 0 Å². The highest BCUT2D eigenvalue weighted by atomic mass is 16.5. The minimum atomic E-state index is -0.553. The van der Waals surface area contributed by atoms with Crippen molar-refractivity contribution in [2.45, 2.75) is 20.8 Å². The van der Waals surface area contributed by atoms with Gasteiger partial charge in [0.1, 0.15) is 29.1 Å². The van der Waals surface area contributed by atoms with Crippen LogP contribution in [0.15, 0.2) is 49.1 Å². The molecular weight excluding hydrogens is 384 g/mol. The Morgan fingerprint density at radius 1 is 1.07 bits per heavy atom. The van der Waals surface area contributed by atoms with Crippen molar-refractivity contribution in [3.63, 3.8) is 0 Å². The molecule has 3 aromatic rings. The summed E-state index contributed by atoms with van der Waals surface area (Å²) in [5.41, 5.74) is 1.29. The predicted octanol–water partition coefficient (Wildman–Crippen LogP) is 3.06. The number of hydrogen-bond acceptors (Lipinski definition) is 7. The standard InChI is InChI=1S/C21H24N6O3/c1-4-26(5-2)20(28)17-13-24-27(15-10-8-7-9-11-15)19(17)25-18-16(12-22-14-23-18)21(29)30-6-3/h7-14H,4-6H2,1-3H3,(H,22,23,25). The second-order valence-corrected chi connectivity index (χ2v) is 6.26. The van der Waals surface area contributed by atoms with E-state index in [0.29, 0.717) is 24.5 Å². The summed E-state index contributed by atoms with van der Waals surface area (Å²) in [6.45, 7) is 6.90. The molecule has 0 unspecified atom stereocenters. The number of rotatable bonds is 8. The summed E-state index contributed by atoms with van der Waals surface area (Å²) in [6.07, 6.45) is 4.21. The Morgan fingerprint density at radius 2 is 1.80 bits per heavy atom. The number of nitrogens with one attached hydrogen (secondary N) is 1. The summed E-state index contributed by atoms with van der Waals surface area (Å²) in [4.78, 5) is 35.2. The summed E-state index contributed by atoms with van der Waals surface area (Å²) in [7, 11) is 0. The van der Waals surface area contributed by atoms with E-state index in [-0.39, 0.29) is 23.9 Å². The van der Waals surface area contributed by atoms with Gasteiger partial charge in [0.15, 0.2) is 0 Å². The fourth-order valence-corrected chi connectivity index (χ4v) is 2.97. The van der Waals surface area contributed by atoms with Crippen LogP contribution >= 0.6 is 0 Å². The minimum Gasteiger partial charge on any atom is -0.462 e. The van der Waals surface area contributed by atoms with E-state index in [1.807, 2.05) is 44.2 Å². The number of benzene rings is 1. The van der Waals surface area contributed by atoms with Crippen LogP contribution in [0.25, 0.3) is 5.69 Å². The molecule has 1 aromatic carbocycles. The molecule has 0 radical (unpaired) electrons. The zero-order valence-electron chi connectivity index (χ0n) is 17.2. The van der Waals surface area contributed by atoms with Crippen LogP contribution in [0.2, 0.25) is 0 Å². The highest BCUT2D eigenvalue weighted by Crippen LogP contribution is 2.26. The van der Waals surface area contributed by atoms with Gasteiger partial charge < -0.3 is 15.0 Å². The second kappa shape index (κ2) is 9.64. The number of ether oxygens (including phenoxy) is 1. The van der Waals surface area contributed by atoms with Gasteiger partial charge in [-0.05, 0) is 32.9 Å². The van der Waals surface area contributed by atoms with E-state index in [4.69, 9.17) is 4.74 Å². The lowest BCUT2D eigenvalue weighted by molar-refractivity contribution is 0.0526. The monoisotopic (exact) mass is 408 g/mol. The summed E-state index contributed by atoms with van der Waals surface area (Å²) >= 11 is 0. The number of para-hydroxylation sites is 1. The summed E-state index contributed by atoms with van der Waals surface area (Å²) < 4.78 is 6.70. The number of carbonyl (C=O) groups excluding carboxylic acids is 2.